The zero-order chi connectivity index (χ0) is 11.5. The van der Waals surface area contributed by atoms with Gasteiger partial charge in [-0.25, -0.2) is 10.1 Å². The van der Waals surface area contributed by atoms with Crippen molar-refractivity contribution in [3.05, 3.63) is 46.5 Å². The van der Waals surface area contributed by atoms with E-state index in [-0.39, 0.29) is 18.2 Å². The molecule has 0 aromatic heterocycles. The predicted molar refractivity (Wildman–Crippen MR) is 59.8 cm³/mol. The number of hydrogen-bond donors (Lipinski definition) is 1. The van der Waals surface area contributed by atoms with E-state index in [2.05, 4.69) is 17.0 Å². The maximum atomic E-state index is 9.16. The number of aliphatic hydroxyl groups is 1. The number of nitriles is 1. The molecule has 1 N–H and O–H groups in total. The van der Waals surface area contributed by atoms with Crippen LogP contribution in [-0.2, 0) is 0 Å². The summed E-state index contributed by atoms with van der Waals surface area (Å²) in [5, 5.41) is 17.9. The Balaban J connectivity index is 2.27. The molecule has 2 atom stereocenters. The molecule has 0 radical (unpaired) electrons. The first kappa shape index (κ1) is 10.7. The molecule has 0 amide bonds. The number of allylic oxidation sites excluding steroid dienone is 5. The highest BCUT2D eigenvalue weighted by molar-refractivity contribution is 5.43. The fraction of sp³-hybridized carbons (Fsp3) is 0.385. The van der Waals surface area contributed by atoms with Gasteiger partial charge in [-0.3, -0.25) is 0 Å². The van der Waals surface area contributed by atoms with Gasteiger partial charge in [0.25, 0.3) is 5.70 Å². The summed E-state index contributed by atoms with van der Waals surface area (Å²) in [5.74, 6) is 0.573. The summed E-state index contributed by atoms with van der Waals surface area (Å²) in [4.78, 5) is 3.16. The first-order valence-corrected chi connectivity index (χ1v) is 5.31. The van der Waals surface area contributed by atoms with Gasteiger partial charge >= 0.3 is 0 Å². The molecule has 0 fully saturated rings. The normalized spacial score (nSPS) is 27.8. The molecule has 80 valence electrons. The van der Waals surface area contributed by atoms with Crippen molar-refractivity contribution in [2.45, 2.75) is 12.8 Å². The van der Waals surface area contributed by atoms with Gasteiger partial charge in [-0.2, -0.15) is 0 Å². The summed E-state index contributed by atoms with van der Waals surface area (Å²) in [7, 11) is 0. The summed E-state index contributed by atoms with van der Waals surface area (Å²) in [6, 6.07) is 1.88. The van der Waals surface area contributed by atoms with Crippen LogP contribution in [0.15, 0.2) is 35.1 Å². The van der Waals surface area contributed by atoms with Gasteiger partial charge in [0.15, 0.2) is 0 Å². The van der Waals surface area contributed by atoms with Gasteiger partial charge in [-0.1, -0.05) is 17.7 Å². The monoisotopic (exact) mass is 212 g/mol. The molecule has 0 aromatic carbocycles. The molecule has 3 nitrogen and oxygen atoms in total. The zero-order valence-electron chi connectivity index (χ0n) is 8.85. The number of nitrogens with zero attached hydrogens (tertiary/aromatic N) is 2. The van der Waals surface area contributed by atoms with Crippen molar-refractivity contribution in [2.75, 3.05) is 6.61 Å². The van der Waals surface area contributed by atoms with Crippen molar-refractivity contribution >= 4 is 0 Å². The third kappa shape index (κ3) is 1.78. The highest BCUT2D eigenvalue weighted by Gasteiger charge is 2.28. The van der Waals surface area contributed by atoms with Gasteiger partial charge in [0.1, 0.15) is 0 Å². The Hall–Kier alpha value is -1.84. The van der Waals surface area contributed by atoms with Crippen molar-refractivity contribution < 1.29 is 5.11 Å². The minimum absolute atomic E-state index is 0.114. The molecule has 3 heteroatoms. The van der Waals surface area contributed by atoms with Crippen LogP contribution in [0.1, 0.15) is 12.8 Å². The molecule has 3 rings (SSSR count). The van der Waals surface area contributed by atoms with Crippen LogP contribution in [0.2, 0.25) is 0 Å². The Labute approximate surface area is 94.8 Å². The van der Waals surface area contributed by atoms with Crippen LogP contribution in [0, 0.1) is 29.7 Å². The summed E-state index contributed by atoms with van der Waals surface area (Å²) < 4.78 is 0. The lowest BCUT2D eigenvalue weighted by Gasteiger charge is -2.33. The quantitative estimate of drug-likeness (QED) is 0.433. The Kier molecular flexibility index (Phi) is 2.90. The number of rotatable bonds is 2. The van der Waals surface area contributed by atoms with E-state index < -0.39 is 0 Å². The number of aliphatic hydroxyl groups excluding tert-OH is 1. The summed E-state index contributed by atoms with van der Waals surface area (Å²) in [6.45, 7) is 6.95. The highest BCUT2D eigenvalue weighted by atomic mass is 16.3. The van der Waals surface area contributed by atoms with Crippen LogP contribution in [0.4, 0.5) is 0 Å². The molecule has 16 heavy (non-hydrogen) atoms. The zero-order valence-corrected chi connectivity index (χ0v) is 8.85. The van der Waals surface area contributed by atoms with Crippen LogP contribution in [-0.4, -0.2) is 11.7 Å². The van der Waals surface area contributed by atoms with Gasteiger partial charge in [0.05, 0.1) is 19.2 Å². The van der Waals surface area contributed by atoms with E-state index in [1.165, 1.54) is 0 Å². The standard InChI is InChI=1S/C13H12N2O/c1-15-13(7-14)6-11-4-10-3-2-9(11)5-12(10)8-16/h4-6,9-10,16H,2-3,8H2/b13-6+. The number of hydrogen-bond acceptors (Lipinski definition) is 2. The molecular weight excluding hydrogens is 200 g/mol. The van der Waals surface area contributed by atoms with Crippen molar-refractivity contribution in [2.24, 2.45) is 11.8 Å². The van der Waals surface area contributed by atoms with Gasteiger partial charge in [-0.05, 0) is 24.5 Å². The second-order valence-corrected chi connectivity index (χ2v) is 4.11. The second-order valence-electron chi connectivity index (χ2n) is 4.11. The van der Waals surface area contributed by atoms with Crippen molar-refractivity contribution in [1.29, 1.82) is 5.26 Å². The predicted octanol–water partition coefficient (Wildman–Crippen LogP) is 2.20. The van der Waals surface area contributed by atoms with Gasteiger partial charge in [-0.15, -0.1) is 0 Å². The lowest BCUT2D eigenvalue weighted by atomic mass is 9.72. The molecule has 2 bridgehead atoms. The number of fused-ring (bicyclic) bond motifs is 1. The Bertz CT molecular complexity index is 455. The van der Waals surface area contributed by atoms with Crippen molar-refractivity contribution in [3.8, 4) is 6.07 Å². The molecule has 3 aliphatic carbocycles. The second kappa shape index (κ2) is 4.35. The summed E-state index contributed by atoms with van der Waals surface area (Å²) in [5.41, 5.74) is 2.27. The minimum Gasteiger partial charge on any atom is -0.392 e. The molecule has 0 saturated carbocycles. The Morgan fingerprint density at radius 1 is 1.56 bits per heavy atom. The Morgan fingerprint density at radius 2 is 2.31 bits per heavy atom. The lowest BCUT2D eigenvalue weighted by molar-refractivity contribution is 0.305. The largest absolute Gasteiger partial charge is 0.392 e. The molecule has 0 saturated heterocycles. The van der Waals surface area contributed by atoms with E-state index in [4.69, 9.17) is 16.9 Å². The fourth-order valence-corrected chi connectivity index (χ4v) is 2.39. The first-order valence-electron chi connectivity index (χ1n) is 5.31. The molecule has 2 unspecified atom stereocenters. The average Bonchev–Trinajstić information content (AvgIpc) is 2.36. The average molecular weight is 212 g/mol. The topological polar surface area (TPSA) is 48.4 Å². The molecular formula is C13H12N2O. The molecule has 0 aromatic rings. The van der Waals surface area contributed by atoms with Crippen LogP contribution in [0.25, 0.3) is 4.85 Å². The van der Waals surface area contributed by atoms with Crippen LogP contribution < -0.4 is 0 Å². The van der Waals surface area contributed by atoms with Gasteiger partial charge < -0.3 is 5.11 Å². The van der Waals surface area contributed by atoms with Gasteiger partial charge in [0.2, 0.25) is 0 Å². The SMILES string of the molecule is [C-]#[N+]/C(C#N)=C/C1=CC2CCC1C=C2CO. The third-order valence-corrected chi connectivity index (χ3v) is 3.22. The maximum absolute atomic E-state index is 9.16. The smallest absolute Gasteiger partial charge is 0.262 e. The Morgan fingerprint density at radius 3 is 2.81 bits per heavy atom. The summed E-state index contributed by atoms with van der Waals surface area (Å²) >= 11 is 0. The first-order chi connectivity index (χ1) is 7.78. The van der Waals surface area contributed by atoms with E-state index >= 15 is 0 Å². The third-order valence-electron chi connectivity index (χ3n) is 3.22. The van der Waals surface area contributed by atoms with E-state index in [0.29, 0.717) is 5.92 Å². The van der Waals surface area contributed by atoms with Crippen LogP contribution in [0.5, 0.6) is 0 Å². The van der Waals surface area contributed by atoms with Crippen molar-refractivity contribution in [3.63, 3.8) is 0 Å². The van der Waals surface area contributed by atoms with E-state index in [0.717, 1.165) is 24.0 Å². The summed E-state index contributed by atoms with van der Waals surface area (Å²) in [6.07, 6.45) is 7.96. The molecule has 0 spiro atoms. The molecule has 3 aliphatic rings. The lowest BCUT2D eigenvalue weighted by Crippen LogP contribution is -2.22. The van der Waals surface area contributed by atoms with E-state index in [9.17, 15) is 0 Å². The van der Waals surface area contributed by atoms with E-state index in [1.807, 2.05) is 6.07 Å². The van der Waals surface area contributed by atoms with Gasteiger partial charge in [0, 0.05) is 11.8 Å². The van der Waals surface area contributed by atoms with Crippen molar-refractivity contribution in [1.82, 2.24) is 0 Å². The highest BCUT2D eigenvalue weighted by Crippen LogP contribution is 2.40. The van der Waals surface area contributed by atoms with Crippen LogP contribution in [0.3, 0.4) is 0 Å². The fourth-order valence-electron chi connectivity index (χ4n) is 2.39. The maximum Gasteiger partial charge on any atom is 0.262 e. The van der Waals surface area contributed by atoms with E-state index in [1.54, 1.807) is 6.08 Å². The molecule has 0 aliphatic heterocycles. The van der Waals surface area contributed by atoms with Crippen LogP contribution >= 0.6 is 0 Å². The molecule has 0 heterocycles. The minimum atomic E-state index is 0.114.